The number of aryl methyl sites for hydroxylation is 1. The average molecular weight is 174 g/mol. The highest BCUT2D eigenvalue weighted by Crippen LogP contribution is 2.28. The largest absolute Gasteiger partial charge is 0.486 e. The smallest absolute Gasteiger partial charge is 0.123 e. The molecule has 0 aliphatic carbocycles. The number of hydrogen-bond acceptors (Lipinski definition) is 1. The Morgan fingerprint density at radius 2 is 2.23 bits per heavy atom. The highest BCUT2D eigenvalue weighted by Gasteiger charge is 2.18. The summed E-state index contributed by atoms with van der Waals surface area (Å²) in [5.74, 6) is 1.03. The molecule has 1 aliphatic heterocycles. The minimum absolute atomic E-state index is 0.217. The Morgan fingerprint density at radius 3 is 3.00 bits per heavy atom. The molecular formula is C12H14O. The van der Waals surface area contributed by atoms with Gasteiger partial charge in [-0.15, -0.1) is 0 Å². The lowest BCUT2D eigenvalue weighted by Gasteiger charge is -2.26. The fourth-order valence-corrected chi connectivity index (χ4v) is 1.67. The summed E-state index contributed by atoms with van der Waals surface area (Å²) >= 11 is 0. The van der Waals surface area contributed by atoms with Crippen LogP contribution in [0.25, 0.3) is 0 Å². The van der Waals surface area contributed by atoms with Gasteiger partial charge in [-0.3, -0.25) is 0 Å². The second-order valence-electron chi connectivity index (χ2n) is 3.60. The number of para-hydroxylation sites is 1. The Hall–Kier alpha value is -1.24. The molecule has 0 N–H and O–H groups in total. The first-order valence-corrected chi connectivity index (χ1v) is 4.67. The molecule has 0 saturated heterocycles. The second-order valence-corrected chi connectivity index (χ2v) is 3.60. The molecule has 0 saturated carbocycles. The van der Waals surface area contributed by atoms with Crippen LogP contribution in [0, 0.1) is 0 Å². The summed E-state index contributed by atoms with van der Waals surface area (Å²) in [7, 11) is 0. The SMILES string of the molecule is C=C(C)C1CCc2ccccc2O1. The van der Waals surface area contributed by atoms with Crippen molar-refractivity contribution in [3.05, 3.63) is 42.0 Å². The molecule has 2 rings (SSSR count). The zero-order valence-electron chi connectivity index (χ0n) is 7.92. The average Bonchev–Trinajstić information content (AvgIpc) is 2.17. The van der Waals surface area contributed by atoms with Gasteiger partial charge in [0.1, 0.15) is 11.9 Å². The van der Waals surface area contributed by atoms with Gasteiger partial charge in [0.25, 0.3) is 0 Å². The van der Waals surface area contributed by atoms with E-state index in [4.69, 9.17) is 4.74 Å². The minimum Gasteiger partial charge on any atom is -0.486 e. The lowest BCUT2D eigenvalue weighted by Crippen LogP contribution is -2.23. The van der Waals surface area contributed by atoms with Crippen molar-refractivity contribution in [1.82, 2.24) is 0 Å². The second kappa shape index (κ2) is 3.25. The fraction of sp³-hybridized carbons (Fsp3) is 0.333. The summed E-state index contributed by atoms with van der Waals surface area (Å²) in [6.07, 6.45) is 2.38. The zero-order valence-corrected chi connectivity index (χ0v) is 7.92. The number of fused-ring (bicyclic) bond motifs is 1. The third-order valence-corrected chi connectivity index (χ3v) is 2.47. The van der Waals surface area contributed by atoms with Crippen molar-refractivity contribution < 1.29 is 4.74 Å². The van der Waals surface area contributed by atoms with Crippen molar-refractivity contribution in [3.8, 4) is 5.75 Å². The third-order valence-electron chi connectivity index (χ3n) is 2.47. The highest BCUT2D eigenvalue weighted by molar-refractivity contribution is 5.36. The van der Waals surface area contributed by atoms with Crippen molar-refractivity contribution in [2.45, 2.75) is 25.9 Å². The third kappa shape index (κ3) is 1.59. The zero-order chi connectivity index (χ0) is 9.26. The Bertz CT molecular complexity index is 328. The van der Waals surface area contributed by atoms with Crippen LogP contribution in [0.3, 0.4) is 0 Å². The first-order valence-electron chi connectivity index (χ1n) is 4.67. The Labute approximate surface area is 79.0 Å². The van der Waals surface area contributed by atoms with Crippen LogP contribution in [-0.4, -0.2) is 6.10 Å². The first-order chi connectivity index (χ1) is 6.27. The van der Waals surface area contributed by atoms with E-state index in [0.29, 0.717) is 0 Å². The molecule has 1 atom stereocenters. The molecule has 0 radical (unpaired) electrons. The first kappa shape index (κ1) is 8.36. The molecule has 1 heterocycles. The van der Waals surface area contributed by atoms with E-state index in [2.05, 4.69) is 18.7 Å². The van der Waals surface area contributed by atoms with Gasteiger partial charge in [-0.2, -0.15) is 0 Å². The van der Waals surface area contributed by atoms with Gasteiger partial charge in [0.15, 0.2) is 0 Å². The molecule has 1 nitrogen and oxygen atoms in total. The maximum absolute atomic E-state index is 5.79. The molecule has 1 aliphatic rings. The van der Waals surface area contributed by atoms with E-state index in [9.17, 15) is 0 Å². The highest BCUT2D eigenvalue weighted by atomic mass is 16.5. The monoisotopic (exact) mass is 174 g/mol. The predicted octanol–water partition coefficient (Wildman–Crippen LogP) is 2.96. The van der Waals surface area contributed by atoms with E-state index in [1.54, 1.807) is 0 Å². The van der Waals surface area contributed by atoms with Crippen LogP contribution >= 0.6 is 0 Å². The van der Waals surface area contributed by atoms with Gasteiger partial charge in [0.05, 0.1) is 0 Å². The topological polar surface area (TPSA) is 9.23 Å². The standard InChI is InChI=1S/C12H14O/c1-9(2)11-8-7-10-5-3-4-6-12(10)13-11/h3-6,11H,1,7-8H2,2H3. The van der Waals surface area contributed by atoms with Crippen LogP contribution in [0.2, 0.25) is 0 Å². The van der Waals surface area contributed by atoms with Crippen LogP contribution in [0.5, 0.6) is 5.75 Å². The van der Waals surface area contributed by atoms with Gasteiger partial charge in [0.2, 0.25) is 0 Å². The molecule has 0 fully saturated rings. The molecule has 13 heavy (non-hydrogen) atoms. The molecule has 0 spiro atoms. The van der Waals surface area contributed by atoms with Gasteiger partial charge in [-0.05, 0) is 37.0 Å². The van der Waals surface area contributed by atoms with Crippen LogP contribution in [0.1, 0.15) is 18.9 Å². The van der Waals surface area contributed by atoms with Gasteiger partial charge in [-0.1, -0.05) is 24.8 Å². The summed E-state index contributed by atoms with van der Waals surface area (Å²) < 4.78 is 5.79. The Morgan fingerprint density at radius 1 is 1.46 bits per heavy atom. The molecule has 1 heteroatoms. The Kier molecular flexibility index (Phi) is 2.09. The van der Waals surface area contributed by atoms with E-state index in [1.807, 2.05) is 19.1 Å². The summed E-state index contributed by atoms with van der Waals surface area (Å²) in [6.45, 7) is 5.95. The molecular weight excluding hydrogens is 160 g/mol. The van der Waals surface area contributed by atoms with Gasteiger partial charge < -0.3 is 4.74 Å². The molecule has 1 aromatic rings. The van der Waals surface area contributed by atoms with Gasteiger partial charge in [0, 0.05) is 0 Å². The number of rotatable bonds is 1. The van der Waals surface area contributed by atoms with E-state index in [-0.39, 0.29) is 6.10 Å². The summed E-state index contributed by atoms with van der Waals surface area (Å²) in [4.78, 5) is 0. The molecule has 0 aromatic heterocycles. The van der Waals surface area contributed by atoms with E-state index < -0.39 is 0 Å². The maximum atomic E-state index is 5.79. The molecule has 0 amide bonds. The summed E-state index contributed by atoms with van der Waals surface area (Å²) in [5.41, 5.74) is 2.44. The number of hydrogen-bond donors (Lipinski definition) is 0. The summed E-state index contributed by atoms with van der Waals surface area (Å²) in [6, 6.07) is 8.23. The van der Waals surface area contributed by atoms with Crippen molar-refractivity contribution in [2.24, 2.45) is 0 Å². The van der Waals surface area contributed by atoms with Crippen molar-refractivity contribution in [1.29, 1.82) is 0 Å². The number of ether oxygens (including phenoxy) is 1. The summed E-state index contributed by atoms with van der Waals surface area (Å²) in [5, 5.41) is 0. The van der Waals surface area contributed by atoms with Gasteiger partial charge >= 0.3 is 0 Å². The van der Waals surface area contributed by atoms with Crippen LogP contribution in [-0.2, 0) is 6.42 Å². The maximum Gasteiger partial charge on any atom is 0.123 e. The van der Waals surface area contributed by atoms with Crippen molar-refractivity contribution in [3.63, 3.8) is 0 Å². The fourth-order valence-electron chi connectivity index (χ4n) is 1.67. The quantitative estimate of drug-likeness (QED) is 0.595. The van der Waals surface area contributed by atoms with E-state index in [0.717, 1.165) is 24.2 Å². The van der Waals surface area contributed by atoms with Crippen LogP contribution in [0.4, 0.5) is 0 Å². The van der Waals surface area contributed by atoms with E-state index in [1.165, 1.54) is 5.56 Å². The molecule has 0 bridgehead atoms. The van der Waals surface area contributed by atoms with Crippen LogP contribution in [0.15, 0.2) is 36.4 Å². The normalized spacial score (nSPS) is 20.2. The van der Waals surface area contributed by atoms with Crippen molar-refractivity contribution in [2.75, 3.05) is 0 Å². The van der Waals surface area contributed by atoms with Crippen LogP contribution < -0.4 is 4.74 Å². The molecule has 1 unspecified atom stereocenters. The predicted molar refractivity (Wildman–Crippen MR) is 54.0 cm³/mol. The lowest BCUT2D eigenvalue weighted by molar-refractivity contribution is 0.208. The van der Waals surface area contributed by atoms with E-state index >= 15 is 0 Å². The Balaban J connectivity index is 2.24. The molecule has 1 aromatic carbocycles. The lowest BCUT2D eigenvalue weighted by atomic mass is 9.99. The number of benzene rings is 1. The van der Waals surface area contributed by atoms with Crippen molar-refractivity contribution >= 4 is 0 Å². The minimum atomic E-state index is 0.217. The van der Waals surface area contributed by atoms with Gasteiger partial charge in [-0.25, -0.2) is 0 Å². The molecule has 68 valence electrons.